The third kappa shape index (κ3) is 2.19. The van der Waals surface area contributed by atoms with Crippen molar-refractivity contribution in [1.29, 1.82) is 0 Å². The average molecular weight is 287 g/mol. The molecule has 2 aliphatic rings. The Kier molecular flexibility index (Phi) is 2.92. The van der Waals surface area contributed by atoms with E-state index in [0.717, 1.165) is 24.9 Å². The minimum Gasteiger partial charge on any atom is -0.340 e. The van der Waals surface area contributed by atoms with Crippen LogP contribution < -0.4 is 16.2 Å². The van der Waals surface area contributed by atoms with Crippen LogP contribution in [0.3, 0.4) is 0 Å². The summed E-state index contributed by atoms with van der Waals surface area (Å²) >= 11 is 0. The number of fused-ring (bicyclic) bond motifs is 1. The Morgan fingerprint density at radius 2 is 1.86 bits per heavy atom. The summed E-state index contributed by atoms with van der Waals surface area (Å²) in [5.74, 6) is 8.41. The highest BCUT2D eigenvalue weighted by atomic mass is 15.4. The van der Waals surface area contributed by atoms with E-state index < -0.39 is 0 Å². The normalized spacial score (nSPS) is 24.3. The van der Waals surface area contributed by atoms with Gasteiger partial charge in [-0.1, -0.05) is 6.42 Å². The molecule has 1 saturated carbocycles. The van der Waals surface area contributed by atoms with E-state index in [1.54, 1.807) is 6.33 Å². The fraction of sp³-hybridized carbons (Fsp3) is 0.583. The van der Waals surface area contributed by atoms with Crippen LogP contribution in [0.5, 0.6) is 0 Å². The first-order valence-electron chi connectivity index (χ1n) is 7.16. The molecule has 4 rings (SSSR count). The first-order chi connectivity index (χ1) is 10.3. The molecule has 2 atom stereocenters. The van der Waals surface area contributed by atoms with E-state index in [9.17, 15) is 0 Å². The first kappa shape index (κ1) is 12.5. The lowest BCUT2D eigenvalue weighted by Crippen LogP contribution is -2.25. The number of nitrogens with two attached hydrogens (primary N) is 1. The largest absolute Gasteiger partial charge is 0.340 e. The lowest BCUT2D eigenvalue weighted by atomic mass is 10.0. The molecule has 110 valence electrons. The van der Waals surface area contributed by atoms with E-state index >= 15 is 0 Å². The standard InChI is InChI=1S/C12H17N9/c13-19-10-16-11(18-12(17-10)21-7-14-6-15-21)20-4-8-2-1-3-9(8)5-20/h6-9H,1-5,13H2,(H,16,17,18,19). The Labute approximate surface area is 121 Å². The van der Waals surface area contributed by atoms with Crippen LogP contribution in [0.2, 0.25) is 0 Å². The van der Waals surface area contributed by atoms with E-state index in [4.69, 9.17) is 5.84 Å². The molecule has 0 bridgehead atoms. The van der Waals surface area contributed by atoms with Gasteiger partial charge >= 0.3 is 0 Å². The van der Waals surface area contributed by atoms with Crippen LogP contribution in [0.4, 0.5) is 11.9 Å². The van der Waals surface area contributed by atoms with Gasteiger partial charge in [0.25, 0.3) is 5.95 Å². The number of nitrogens with zero attached hydrogens (tertiary/aromatic N) is 7. The molecule has 21 heavy (non-hydrogen) atoms. The predicted octanol–water partition coefficient (Wildman–Crippen LogP) is -0.0258. The van der Waals surface area contributed by atoms with Crippen LogP contribution in [0, 0.1) is 11.8 Å². The molecular weight excluding hydrogens is 270 g/mol. The van der Waals surface area contributed by atoms with Gasteiger partial charge in [0.2, 0.25) is 11.9 Å². The molecule has 2 aromatic heterocycles. The lowest BCUT2D eigenvalue weighted by molar-refractivity contribution is 0.494. The molecule has 1 aliphatic heterocycles. The van der Waals surface area contributed by atoms with Crippen molar-refractivity contribution in [3.8, 4) is 5.95 Å². The summed E-state index contributed by atoms with van der Waals surface area (Å²) in [5, 5.41) is 4.05. The number of anilines is 2. The zero-order chi connectivity index (χ0) is 14.2. The van der Waals surface area contributed by atoms with Crippen molar-refractivity contribution in [2.75, 3.05) is 23.4 Å². The third-order valence-electron chi connectivity index (χ3n) is 4.37. The number of aromatic nitrogens is 6. The van der Waals surface area contributed by atoms with Crippen molar-refractivity contribution >= 4 is 11.9 Å². The summed E-state index contributed by atoms with van der Waals surface area (Å²) in [6, 6.07) is 0. The van der Waals surface area contributed by atoms with Crippen molar-refractivity contribution in [2.24, 2.45) is 17.7 Å². The third-order valence-corrected chi connectivity index (χ3v) is 4.37. The van der Waals surface area contributed by atoms with Gasteiger partial charge < -0.3 is 4.90 Å². The fourth-order valence-corrected chi connectivity index (χ4v) is 3.37. The predicted molar refractivity (Wildman–Crippen MR) is 75.6 cm³/mol. The molecule has 3 heterocycles. The Morgan fingerprint density at radius 1 is 1.10 bits per heavy atom. The first-order valence-corrected chi connectivity index (χ1v) is 7.16. The summed E-state index contributed by atoms with van der Waals surface area (Å²) < 4.78 is 1.50. The molecule has 2 fully saturated rings. The van der Waals surface area contributed by atoms with Crippen LogP contribution in [-0.2, 0) is 0 Å². The van der Waals surface area contributed by atoms with Gasteiger partial charge in [-0.05, 0) is 24.7 Å². The molecule has 9 nitrogen and oxygen atoms in total. The summed E-state index contributed by atoms with van der Waals surface area (Å²) in [5.41, 5.74) is 2.49. The molecule has 0 spiro atoms. The molecule has 2 aromatic rings. The smallest absolute Gasteiger partial charge is 0.258 e. The van der Waals surface area contributed by atoms with Gasteiger partial charge in [0, 0.05) is 13.1 Å². The number of nitrogens with one attached hydrogen (secondary N) is 1. The molecule has 3 N–H and O–H groups in total. The second kappa shape index (κ2) is 4.92. The lowest BCUT2D eigenvalue weighted by Gasteiger charge is -2.18. The van der Waals surface area contributed by atoms with Crippen molar-refractivity contribution in [2.45, 2.75) is 19.3 Å². The van der Waals surface area contributed by atoms with Gasteiger partial charge in [0.05, 0.1) is 0 Å². The van der Waals surface area contributed by atoms with Gasteiger partial charge in [-0.2, -0.15) is 24.7 Å². The number of rotatable bonds is 3. The van der Waals surface area contributed by atoms with Gasteiger partial charge in [-0.15, -0.1) is 0 Å². The number of hydrazine groups is 1. The maximum Gasteiger partial charge on any atom is 0.258 e. The molecule has 9 heteroatoms. The second-order valence-electron chi connectivity index (χ2n) is 5.60. The van der Waals surface area contributed by atoms with Crippen LogP contribution in [0.15, 0.2) is 12.7 Å². The highest BCUT2D eigenvalue weighted by Crippen LogP contribution is 2.38. The van der Waals surface area contributed by atoms with E-state index in [-0.39, 0.29) is 0 Å². The van der Waals surface area contributed by atoms with Crippen molar-refractivity contribution < 1.29 is 0 Å². The molecule has 1 aliphatic carbocycles. The molecule has 0 amide bonds. The maximum absolute atomic E-state index is 5.47. The van der Waals surface area contributed by atoms with Gasteiger partial charge in [-0.3, -0.25) is 5.43 Å². The van der Waals surface area contributed by atoms with Crippen molar-refractivity contribution in [3.63, 3.8) is 0 Å². The highest BCUT2D eigenvalue weighted by molar-refractivity contribution is 5.40. The van der Waals surface area contributed by atoms with Crippen LogP contribution in [0.25, 0.3) is 5.95 Å². The summed E-state index contributed by atoms with van der Waals surface area (Å²) in [6.45, 7) is 2.02. The summed E-state index contributed by atoms with van der Waals surface area (Å²) in [4.78, 5) is 19.2. The zero-order valence-electron chi connectivity index (χ0n) is 11.6. The SMILES string of the molecule is NNc1nc(N2CC3CCCC3C2)nc(-n2cncn2)n1. The Balaban J connectivity index is 1.67. The zero-order valence-corrected chi connectivity index (χ0v) is 11.6. The molecule has 0 radical (unpaired) electrons. The molecule has 1 saturated heterocycles. The van der Waals surface area contributed by atoms with Crippen molar-refractivity contribution in [1.82, 2.24) is 29.7 Å². The molecule has 0 aromatic carbocycles. The van der Waals surface area contributed by atoms with E-state index in [0.29, 0.717) is 17.8 Å². The maximum atomic E-state index is 5.47. The van der Waals surface area contributed by atoms with Gasteiger partial charge in [0.1, 0.15) is 12.7 Å². The second-order valence-corrected chi connectivity index (χ2v) is 5.60. The van der Waals surface area contributed by atoms with Crippen LogP contribution in [0.1, 0.15) is 19.3 Å². The number of hydrogen-bond donors (Lipinski definition) is 2. The Bertz CT molecular complexity index is 614. The quantitative estimate of drug-likeness (QED) is 0.598. The van der Waals surface area contributed by atoms with Crippen molar-refractivity contribution in [3.05, 3.63) is 12.7 Å². The average Bonchev–Trinajstić information content (AvgIpc) is 3.22. The topological polar surface area (TPSA) is 111 Å². The monoisotopic (exact) mass is 287 g/mol. The van der Waals surface area contributed by atoms with Gasteiger partial charge in [-0.25, -0.2) is 10.8 Å². The van der Waals surface area contributed by atoms with Gasteiger partial charge in [0.15, 0.2) is 0 Å². The van der Waals surface area contributed by atoms with Crippen LogP contribution >= 0.6 is 0 Å². The minimum atomic E-state index is 0.336. The fourth-order valence-electron chi connectivity index (χ4n) is 3.37. The van der Waals surface area contributed by atoms with Crippen LogP contribution in [-0.4, -0.2) is 42.8 Å². The van der Waals surface area contributed by atoms with E-state index in [2.05, 4.69) is 35.4 Å². The molecular formula is C12H17N9. The Morgan fingerprint density at radius 3 is 2.52 bits per heavy atom. The van der Waals surface area contributed by atoms with E-state index in [1.165, 1.54) is 30.3 Å². The molecule has 2 unspecified atom stereocenters. The summed E-state index contributed by atoms with van der Waals surface area (Å²) in [6.07, 6.45) is 6.96. The minimum absolute atomic E-state index is 0.336. The number of nitrogen functional groups attached to an aromatic ring is 1. The number of hydrogen-bond acceptors (Lipinski definition) is 8. The Hall–Kier alpha value is -2.29. The van der Waals surface area contributed by atoms with E-state index in [1.807, 2.05) is 0 Å². The summed E-state index contributed by atoms with van der Waals surface area (Å²) in [7, 11) is 0. The highest BCUT2D eigenvalue weighted by Gasteiger charge is 2.37.